The van der Waals surface area contributed by atoms with E-state index >= 15 is 0 Å². The first kappa shape index (κ1) is 14.0. The molecule has 0 radical (unpaired) electrons. The standard InChI is InChI=1S/C11H14FNO3S/c1-8(2)13(7-11(14)15)17(16)10-5-3-9(12)4-6-10/h3-6,8H,7H2,1-2H3,(H,14,15). The molecule has 0 spiro atoms. The van der Waals surface area contributed by atoms with Crippen LogP contribution in [0.4, 0.5) is 4.39 Å². The van der Waals surface area contributed by atoms with E-state index in [2.05, 4.69) is 0 Å². The van der Waals surface area contributed by atoms with Crippen LogP contribution in [0.15, 0.2) is 29.2 Å². The topological polar surface area (TPSA) is 63.6 Å². The van der Waals surface area contributed by atoms with Gasteiger partial charge in [-0.05, 0) is 38.1 Å². The third kappa shape index (κ3) is 3.99. The number of carbonyl (C=O) groups is 1. The average Bonchev–Trinajstić information content (AvgIpc) is 2.25. The van der Waals surface area contributed by atoms with Crippen molar-refractivity contribution in [1.82, 2.24) is 4.31 Å². The highest BCUT2D eigenvalue weighted by Crippen LogP contribution is 2.18. The third-order valence-corrected chi connectivity index (χ3v) is 3.75. The zero-order chi connectivity index (χ0) is 13.0. The van der Waals surface area contributed by atoms with E-state index in [0.29, 0.717) is 4.90 Å². The number of benzene rings is 1. The van der Waals surface area contributed by atoms with E-state index in [1.54, 1.807) is 13.8 Å². The first-order chi connectivity index (χ1) is 7.91. The van der Waals surface area contributed by atoms with Crippen LogP contribution in [-0.4, -0.2) is 32.5 Å². The fourth-order valence-electron chi connectivity index (χ4n) is 1.25. The van der Waals surface area contributed by atoms with Gasteiger partial charge in [-0.3, -0.25) is 4.79 Å². The predicted octanol–water partition coefficient (Wildman–Crippen LogP) is 1.64. The van der Waals surface area contributed by atoms with E-state index in [0.717, 1.165) is 0 Å². The number of nitrogens with zero attached hydrogens (tertiary/aromatic N) is 1. The molecule has 0 aliphatic heterocycles. The molecular weight excluding hydrogens is 245 g/mol. The van der Waals surface area contributed by atoms with Crippen LogP contribution in [0.2, 0.25) is 0 Å². The summed E-state index contributed by atoms with van der Waals surface area (Å²) in [6, 6.07) is 5.00. The minimum absolute atomic E-state index is 0.183. The summed E-state index contributed by atoms with van der Waals surface area (Å²) in [5.74, 6) is -1.46. The lowest BCUT2D eigenvalue weighted by atomic mass is 10.4. The molecule has 1 atom stereocenters. The van der Waals surface area contributed by atoms with Gasteiger partial charge in [0.15, 0.2) is 4.90 Å². The van der Waals surface area contributed by atoms with E-state index in [1.165, 1.54) is 28.6 Å². The third-order valence-electron chi connectivity index (χ3n) is 2.10. The Morgan fingerprint density at radius 1 is 1.47 bits per heavy atom. The second kappa shape index (κ2) is 6.00. The zero-order valence-electron chi connectivity index (χ0n) is 9.59. The zero-order valence-corrected chi connectivity index (χ0v) is 10.4. The van der Waals surface area contributed by atoms with Crippen molar-refractivity contribution in [3.63, 3.8) is 0 Å². The minimum Gasteiger partial charge on any atom is -0.593 e. The van der Waals surface area contributed by atoms with Crippen molar-refractivity contribution in [2.24, 2.45) is 0 Å². The maximum absolute atomic E-state index is 12.7. The Labute approximate surface area is 102 Å². The summed E-state index contributed by atoms with van der Waals surface area (Å²) < 4.78 is 26.1. The van der Waals surface area contributed by atoms with Gasteiger partial charge in [0.1, 0.15) is 12.4 Å². The Morgan fingerprint density at radius 2 is 2.00 bits per heavy atom. The van der Waals surface area contributed by atoms with Gasteiger partial charge in [0, 0.05) is 0 Å². The van der Waals surface area contributed by atoms with E-state index in [1.807, 2.05) is 0 Å². The van der Waals surface area contributed by atoms with E-state index in [4.69, 9.17) is 5.11 Å². The maximum Gasteiger partial charge on any atom is 0.322 e. The summed E-state index contributed by atoms with van der Waals surface area (Å²) in [5.41, 5.74) is 0. The molecule has 0 fully saturated rings. The SMILES string of the molecule is CC(C)N(CC(=O)O)[S+]([O-])c1ccc(F)cc1. The number of hydrogen-bond donors (Lipinski definition) is 1. The first-order valence-corrected chi connectivity index (χ1v) is 6.18. The van der Waals surface area contributed by atoms with Gasteiger partial charge in [0.2, 0.25) is 0 Å². The predicted molar refractivity (Wildman–Crippen MR) is 62.3 cm³/mol. The van der Waals surface area contributed by atoms with Crippen LogP contribution in [0.3, 0.4) is 0 Å². The van der Waals surface area contributed by atoms with Gasteiger partial charge in [-0.2, -0.15) is 0 Å². The quantitative estimate of drug-likeness (QED) is 0.816. The number of halogens is 1. The highest BCUT2D eigenvalue weighted by molar-refractivity contribution is 7.89. The average molecular weight is 259 g/mol. The van der Waals surface area contributed by atoms with Crippen molar-refractivity contribution in [1.29, 1.82) is 0 Å². The smallest absolute Gasteiger partial charge is 0.322 e. The summed E-state index contributed by atoms with van der Waals surface area (Å²) in [7, 11) is 0. The molecule has 0 aliphatic carbocycles. The molecule has 1 rings (SSSR count). The molecule has 17 heavy (non-hydrogen) atoms. The molecule has 1 aromatic carbocycles. The number of aliphatic carboxylic acids is 1. The normalized spacial score (nSPS) is 13.1. The van der Waals surface area contributed by atoms with Gasteiger partial charge in [-0.25, -0.2) is 4.39 Å². The summed E-state index contributed by atoms with van der Waals surface area (Å²) in [6.07, 6.45) is 0. The van der Waals surface area contributed by atoms with Crippen molar-refractivity contribution < 1.29 is 18.8 Å². The summed E-state index contributed by atoms with van der Waals surface area (Å²) in [6.45, 7) is 3.19. The molecule has 94 valence electrons. The minimum atomic E-state index is -1.59. The first-order valence-electron chi connectivity index (χ1n) is 5.07. The van der Waals surface area contributed by atoms with Crippen molar-refractivity contribution >= 4 is 17.3 Å². The lowest BCUT2D eigenvalue weighted by molar-refractivity contribution is -0.137. The second-order valence-electron chi connectivity index (χ2n) is 3.77. The van der Waals surface area contributed by atoms with Crippen molar-refractivity contribution in [2.45, 2.75) is 24.8 Å². The molecule has 4 nitrogen and oxygen atoms in total. The van der Waals surface area contributed by atoms with Crippen LogP contribution in [0, 0.1) is 5.82 Å². The van der Waals surface area contributed by atoms with Crippen LogP contribution in [0.1, 0.15) is 13.8 Å². The highest BCUT2D eigenvalue weighted by Gasteiger charge is 2.27. The van der Waals surface area contributed by atoms with Crippen LogP contribution >= 0.6 is 0 Å². The molecule has 1 unspecified atom stereocenters. The van der Waals surface area contributed by atoms with Crippen LogP contribution in [0.25, 0.3) is 0 Å². The molecule has 1 aromatic rings. The summed E-state index contributed by atoms with van der Waals surface area (Å²) in [4.78, 5) is 11.1. The van der Waals surface area contributed by atoms with Crippen LogP contribution in [0.5, 0.6) is 0 Å². The molecule has 0 heterocycles. The Morgan fingerprint density at radius 3 is 2.41 bits per heavy atom. The van der Waals surface area contributed by atoms with Gasteiger partial charge in [-0.1, -0.05) is 0 Å². The van der Waals surface area contributed by atoms with Crippen molar-refractivity contribution in [3.05, 3.63) is 30.1 Å². The highest BCUT2D eigenvalue weighted by atomic mass is 32.2. The van der Waals surface area contributed by atoms with E-state index in [9.17, 15) is 13.7 Å². The molecular formula is C11H14FNO3S. The molecule has 0 aromatic heterocycles. The molecule has 0 amide bonds. The molecule has 0 bridgehead atoms. The Hall–Kier alpha value is -1.11. The molecule has 0 saturated heterocycles. The lowest BCUT2D eigenvalue weighted by Crippen LogP contribution is -2.40. The summed E-state index contributed by atoms with van der Waals surface area (Å²) >= 11 is -1.59. The lowest BCUT2D eigenvalue weighted by Gasteiger charge is -2.25. The van der Waals surface area contributed by atoms with E-state index < -0.39 is 23.1 Å². The van der Waals surface area contributed by atoms with Crippen molar-refractivity contribution in [2.75, 3.05) is 6.54 Å². The number of carboxylic acid groups (broad SMARTS) is 1. The summed E-state index contributed by atoms with van der Waals surface area (Å²) in [5, 5.41) is 8.74. The van der Waals surface area contributed by atoms with E-state index in [-0.39, 0.29) is 12.6 Å². The van der Waals surface area contributed by atoms with Crippen LogP contribution in [-0.2, 0) is 16.2 Å². The Bertz CT molecular complexity index is 383. The largest absolute Gasteiger partial charge is 0.593 e. The monoisotopic (exact) mass is 259 g/mol. The van der Waals surface area contributed by atoms with Crippen molar-refractivity contribution in [3.8, 4) is 0 Å². The molecule has 6 heteroatoms. The van der Waals surface area contributed by atoms with Gasteiger partial charge in [0.05, 0.1) is 17.4 Å². The number of rotatable bonds is 5. The van der Waals surface area contributed by atoms with Crippen LogP contribution < -0.4 is 0 Å². The molecule has 0 saturated carbocycles. The Balaban J connectivity index is 2.87. The maximum atomic E-state index is 12.7. The Kier molecular flexibility index (Phi) is 4.92. The number of hydrogen-bond acceptors (Lipinski definition) is 3. The second-order valence-corrected chi connectivity index (χ2v) is 5.20. The fourth-order valence-corrected chi connectivity index (χ4v) is 2.50. The molecule has 1 N–H and O–H groups in total. The van der Waals surface area contributed by atoms with Gasteiger partial charge in [0.25, 0.3) is 0 Å². The van der Waals surface area contributed by atoms with Gasteiger partial charge in [-0.15, -0.1) is 4.31 Å². The fraction of sp³-hybridized carbons (Fsp3) is 0.364. The van der Waals surface area contributed by atoms with Gasteiger partial charge < -0.3 is 9.66 Å². The van der Waals surface area contributed by atoms with Gasteiger partial charge >= 0.3 is 5.97 Å². The molecule has 0 aliphatic rings. The number of carboxylic acids is 1.